The molecule has 2 aromatic rings. The fourth-order valence-electron chi connectivity index (χ4n) is 2.24. The van der Waals surface area contributed by atoms with Crippen LogP contribution in [0.2, 0.25) is 0 Å². The molecule has 1 aromatic heterocycles. The average molecular weight is 235 g/mol. The maximum absolute atomic E-state index is 13.2. The van der Waals surface area contributed by atoms with Crippen LogP contribution in [0.4, 0.5) is 4.39 Å². The van der Waals surface area contributed by atoms with Gasteiger partial charge in [0.2, 0.25) is 0 Å². The molecule has 0 aliphatic heterocycles. The first-order valence-electron chi connectivity index (χ1n) is 6.03. The van der Waals surface area contributed by atoms with Crippen LogP contribution in [0.1, 0.15) is 37.1 Å². The van der Waals surface area contributed by atoms with Gasteiger partial charge in [-0.1, -0.05) is 13.3 Å². The summed E-state index contributed by atoms with van der Waals surface area (Å²) < 4.78 is 19.0. The summed E-state index contributed by atoms with van der Waals surface area (Å²) >= 11 is 0. The van der Waals surface area contributed by atoms with E-state index in [-0.39, 0.29) is 11.9 Å². The van der Waals surface area contributed by atoms with E-state index in [4.69, 9.17) is 4.42 Å². The van der Waals surface area contributed by atoms with Gasteiger partial charge < -0.3 is 9.73 Å². The molecule has 0 bridgehead atoms. The highest BCUT2D eigenvalue weighted by atomic mass is 19.1. The molecule has 0 fully saturated rings. The predicted molar refractivity (Wildman–Crippen MR) is 67.6 cm³/mol. The second kappa shape index (κ2) is 4.88. The van der Waals surface area contributed by atoms with Gasteiger partial charge in [0.15, 0.2) is 0 Å². The summed E-state index contributed by atoms with van der Waals surface area (Å²) in [7, 11) is 1.92. The number of nitrogens with one attached hydrogen (secondary N) is 1. The molecule has 17 heavy (non-hydrogen) atoms. The first-order chi connectivity index (χ1) is 8.17. The lowest BCUT2D eigenvalue weighted by atomic mass is 10.0. The van der Waals surface area contributed by atoms with Gasteiger partial charge in [-0.2, -0.15) is 0 Å². The van der Waals surface area contributed by atoms with E-state index < -0.39 is 0 Å². The van der Waals surface area contributed by atoms with Crippen LogP contribution in [-0.4, -0.2) is 7.05 Å². The fraction of sp³-hybridized carbons (Fsp3) is 0.429. The van der Waals surface area contributed by atoms with Crippen LogP contribution in [0.25, 0.3) is 11.0 Å². The van der Waals surface area contributed by atoms with Gasteiger partial charge in [-0.3, -0.25) is 0 Å². The van der Waals surface area contributed by atoms with Crippen LogP contribution in [0.5, 0.6) is 0 Å². The molecule has 92 valence electrons. The first kappa shape index (κ1) is 12.1. The first-order valence-corrected chi connectivity index (χ1v) is 6.03. The minimum absolute atomic E-state index is 0.204. The highest BCUT2D eigenvalue weighted by Gasteiger charge is 2.18. The van der Waals surface area contributed by atoms with Gasteiger partial charge in [0.25, 0.3) is 0 Å². The van der Waals surface area contributed by atoms with E-state index in [1.54, 1.807) is 6.07 Å². The van der Waals surface area contributed by atoms with Gasteiger partial charge >= 0.3 is 0 Å². The Morgan fingerprint density at radius 3 is 2.82 bits per heavy atom. The van der Waals surface area contributed by atoms with Crippen LogP contribution in [0.3, 0.4) is 0 Å². The summed E-state index contributed by atoms with van der Waals surface area (Å²) in [6.07, 6.45) is 2.09. The second-order valence-electron chi connectivity index (χ2n) is 4.36. The quantitative estimate of drug-likeness (QED) is 0.868. The molecular weight excluding hydrogens is 217 g/mol. The van der Waals surface area contributed by atoms with Crippen LogP contribution in [-0.2, 0) is 0 Å². The van der Waals surface area contributed by atoms with Crippen molar-refractivity contribution in [3.63, 3.8) is 0 Å². The van der Waals surface area contributed by atoms with Crippen molar-refractivity contribution < 1.29 is 8.81 Å². The average Bonchev–Trinajstić information content (AvgIpc) is 2.64. The summed E-state index contributed by atoms with van der Waals surface area (Å²) in [6, 6.07) is 4.87. The predicted octanol–water partition coefficient (Wildman–Crippen LogP) is 3.94. The zero-order valence-electron chi connectivity index (χ0n) is 10.5. The molecule has 2 nitrogen and oxygen atoms in total. The Labute approximate surface area is 101 Å². The van der Waals surface area contributed by atoms with Crippen LogP contribution < -0.4 is 5.32 Å². The Hall–Kier alpha value is -1.35. The van der Waals surface area contributed by atoms with Crippen LogP contribution >= 0.6 is 0 Å². The molecule has 0 aliphatic rings. The van der Waals surface area contributed by atoms with Crippen molar-refractivity contribution in [2.45, 2.75) is 32.7 Å². The number of rotatable bonds is 4. The Morgan fingerprint density at radius 1 is 1.41 bits per heavy atom. The molecule has 1 atom stereocenters. The lowest BCUT2D eigenvalue weighted by Gasteiger charge is -2.13. The summed E-state index contributed by atoms with van der Waals surface area (Å²) in [5, 5.41) is 4.12. The third kappa shape index (κ3) is 2.20. The van der Waals surface area contributed by atoms with Gasteiger partial charge in [-0.15, -0.1) is 0 Å². The van der Waals surface area contributed by atoms with E-state index in [1.165, 1.54) is 12.1 Å². The number of fused-ring (bicyclic) bond motifs is 1. The van der Waals surface area contributed by atoms with Crippen molar-refractivity contribution in [3.8, 4) is 0 Å². The third-order valence-corrected chi connectivity index (χ3v) is 3.18. The number of halogens is 1. The molecule has 0 saturated heterocycles. The summed E-state index contributed by atoms with van der Waals surface area (Å²) in [5.74, 6) is 0.708. The Kier molecular flexibility index (Phi) is 3.48. The molecule has 0 spiro atoms. The van der Waals surface area contributed by atoms with Gasteiger partial charge in [0, 0.05) is 10.9 Å². The highest BCUT2D eigenvalue weighted by molar-refractivity contribution is 5.82. The smallest absolute Gasteiger partial charge is 0.134 e. The molecule has 0 amide bonds. The van der Waals surface area contributed by atoms with Gasteiger partial charge in [-0.05, 0) is 38.6 Å². The molecule has 2 rings (SSSR count). The number of hydrogen-bond donors (Lipinski definition) is 1. The fourth-order valence-corrected chi connectivity index (χ4v) is 2.24. The number of aryl methyl sites for hydroxylation is 1. The third-order valence-electron chi connectivity index (χ3n) is 3.18. The second-order valence-corrected chi connectivity index (χ2v) is 4.36. The Balaban J connectivity index is 2.51. The normalized spacial score (nSPS) is 13.2. The summed E-state index contributed by atoms with van der Waals surface area (Å²) in [6.45, 7) is 4.13. The van der Waals surface area contributed by atoms with Crippen molar-refractivity contribution in [2.24, 2.45) is 0 Å². The monoisotopic (exact) mass is 235 g/mol. The highest BCUT2D eigenvalue weighted by Crippen LogP contribution is 2.31. The van der Waals surface area contributed by atoms with Crippen LogP contribution in [0.15, 0.2) is 22.6 Å². The molecular formula is C14H18FNO. The number of benzene rings is 1. The molecule has 0 aliphatic carbocycles. The van der Waals surface area contributed by atoms with Crippen molar-refractivity contribution in [2.75, 3.05) is 7.05 Å². The van der Waals surface area contributed by atoms with E-state index in [0.717, 1.165) is 35.1 Å². The van der Waals surface area contributed by atoms with Crippen molar-refractivity contribution in [1.29, 1.82) is 0 Å². The molecule has 0 radical (unpaired) electrons. The van der Waals surface area contributed by atoms with E-state index >= 15 is 0 Å². The van der Waals surface area contributed by atoms with Crippen molar-refractivity contribution in [1.82, 2.24) is 5.32 Å². The zero-order chi connectivity index (χ0) is 12.4. The SMILES string of the molecule is CCCC(NC)c1oc2ccc(F)cc2c1C. The minimum atomic E-state index is -0.218. The van der Waals surface area contributed by atoms with E-state index in [1.807, 2.05) is 14.0 Å². The van der Waals surface area contributed by atoms with Crippen molar-refractivity contribution in [3.05, 3.63) is 35.3 Å². The zero-order valence-corrected chi connectivity index (χ0v) is 10.5. The molecule has 1 heterocycles. The summed E-state index contributed by atoms with van der Waals surface area (Å²) in [4.78, 5) is 0. The summed E-state index contributed by atoms with van der Waals surface area (Å²) in [5.41, 5.74) is 1.79. The standard InChI is InChI=1S/C14H18FNO/c1-4-5-12(16-3)14-9(2)11-8-10(15)6-7-13(11)17-14/h6-8,12,16H,4-5H2,1-3H3. The maximum atomic E-state index is 13.2. The molecule has 1 aromatic carbocycles. The van der Waals surface area contributed by atoms with Crippen molar-refractivity contribution >= 4 is 11.0 Å². The molecule has 1 unspecified atom stereocenters. The van der Waals surface area contributed by atoms with E-state index in [2.05, 4.69) is 12.2 Å². The maximum Gasteiger partial charge on any atom is 0.134 e. The lowest BCUT2D eigenvalue weighted by molar-refractivity contribution is 0.427. The number of furan rings is 1. The van der Waals surface area contributed by atoms with Gasteiger partial charge in [-0.25, -0.2) is 4.39 Å². The Morgan fingerprint density at radius 2 is 2.18 bits per heavy atom. The Bertz CT molecular complexity index is 518. The van der Waals surface area contributed by atoms with Gasteiger partial charge in [0.05, 0.1) is 6.04 Å². The van der Waals surface area contributed by atoms with E-state index in [9.17, 15) is 4.39 Å². The minimum Gasteiger partial charge on any atom is -0.459 e. The number of hydrogen-bond acceptors (Lipinski definition) is 2. The van der Waals surface area contributed by atoms with Crippen LogP contribution in [0, 0.1) is 12.7 Å². The topological polar surface area (TPSA) is 25.2 Å². The van der Waals surface area contributed by atoms with E-state index in [0.29, 0.717) is 0 Å². The molecule has 1 N–H and O–H groups in total. The largest absolute Gasteiger partial charge is 0.459 e. The lowest BCUT2D eigenvalue weighted by Crippen LogP contribution is -2.16. The molecule has 3 heteroatoms. The van der Waals surface area contributed by atoms with Gasteiger partial charge in [0.1, 0.15) is 17.2 Å². The molecule has 0 saturated carbocycles.